The van der Waals surface area contributed by atoms with E-state index in [2.05, 4.69) is 0 Å². The van der Waals surface area contributed by atoms with E-state index in [1.165, 1.54) is 0 Å². The summed E-state index contributed by atoms with van der Waals surface area (Å²) in [6.07, 6.45) is 1.60. The summed E-state index contributed by atoms with van der Waals surface area (Å²) >= 11 is 0. The summed E-state index contributed by atoms with van der Waals surface area (Å²) in [5.74, 6) is 0.587. The van der Waals surface area contributed by atoms with Gasteiger partial charge in [-0.1, -0.05) is 30.3 Å². The van der Waals surface area contributed by atoms with E-state index >= 15 is 0 Å². The maximum Gasteiger partial charge on any atom is 0.235 e. The first kappa shape index (κ1) is 14.8. The van der Waals surface area contributed by atoms with Crippen molar-refractivity contribution in [1.29, 1.82) is 0 Å². The van der Waals surface area contributed by atoms with Crippen LogP contribution in [-0.2, 0) is 6.42 Å². The Labute approximate surface area is 139 Å². The third kappa shape index (κ3) is 2.26. The molecule has 0 unspecified atom stereocenters. The first-order valence-corrected chi connectivity index (χ1v) is 8.02. The zero-order valence-electron chi connectivity index (χ0n) is 13.6. The second-order valence-electron chi connectivity index (χ2n) is 6.76. The number of aromatic hydroxyl groups is 1. The Morgan fingerprint density at radius 1 is 1.08 bits per heavy atom. The van der Waals surface area contributed by atoms with Gasteiger partial charge in [-0.15, -0.1) is 0 Å². The lowest BCUT2D eigenvalue weighted by Crippen LogP contribution is -2.32. The molecule has 1 aliphatic heterocycles. The fourth-order valence-electron chi connectivity index (χ4n) is 3.18. The maximum atomic E-state index is 12.6. The van der Waals surface area contributed by atoms with Gasteiger partial charge in [-0.2, -0.15) is 0 Å². The van der Waals surface area contributed by atoms with Crippen molar-refractivity contribution in [3.8, 4) is 22.8 Å². The highest BCUT2D eigenvalue weighted by Crippen LogP contribution is 2.39. The van der Waals surface area contributed by atoms with E-state index in [0.717, 1.165) is 24.2 Å². The fourth-order valence-corrected chi connectivity index (χ4v) is 3.18. The van der Waals surface area contributed by atoms with Crippen molar-refractivity contribution in [3.05, 3.63) is 58.3 Å². The van der Waals surface area contributed by atoms with Crippen molar-refractivity contribution in [2.75, 3.05) is 0 Å². The van der Waals surface area contributed by atoms with Gasteiger partial charge < -0.3 is 14.3 Å². The summed E-state index contributed by atoms with van der Waals surface area (Å²) in [7, 11) is 0. The molecule has 4 heteroatoms. The van der Waals surface area contributed by atoms with Gasteiger partial charge in [0.1, 0.15) is 16.9 Å². The molecule has 1 aromatic heterocycles. The second-order valence-corrected chi connectivity index (χ2v) is 6.76. The number of hydrogen-bond acceptors (Lipinski definition) is 4. The van der Waals surface area contributed by atoms with Crippen molar-refractivity contribution < 1.29 is 14.3 Å². The van der Waals surface area contributed by atoms with Crippen molar-refractivity contribution in [2.24, 2.45) is 0 Å². The van der Waals surface area contributed by atoms with Crippen LogP contribution in [0.1, 0.15) is 25.8 Å². The summed E-state index contributed by atoms with van der Waals surface area (Å²) < 4.78 is 12.0. The molecule has 122 valence electrons. The van der Waals surface area contributed by atoms with Gasteiger partial charge in [-0.05, 0) is 38.8 Å². The standard InChI is InChI=1S/C20H18O4/c1-20(2)11-10-13-15(24-20)9-8-14-16(21)17(22)18(23-19(13)14)12-6-4-3-5-7-12/h3-9,22H,10-11H2,1-2H3. The molecule has 0 bridgehead atoms. The second kappa shape index (κ2) is 5.13. The average molecular weight is 322 g/mol. The molecule has 2 aromatic carbocycles. The smallest absolute Gasteiger partial charge is 0.235 e. The topological polar surface area (TPSA) is 59.7 Å². The average Bonchev–Trinajstić information content (AvgIpc) is 2.57. The zero-order valence-corrected chi connectivity index (χ0v) is 13.6. The van der Waals surface area contributed by atoms with Gasteiger partial charge in [0, 0.05) is 11.1 Å². The van der Waals surface area contributed by atoms with Crippen LogP contribution in [0.25, 0.3) is 22.3 Å². The zero-order chi connectivity index (χ0) is 16.9. The van der Waals surface area contributed by atoms with E-state index < -0.39 is 5.43 Å². The lowest BCUT2D eigenvalue weighted by Gasteiger charge is -2.32. The van der Waals surface area contributed by atoms with Crippen LogP contribution in [0.15, 0.2) is 51.7 Å². The molecule has 0 saturated carbocycles. The van der Waals surface area contributed by atoms with Crippen LogP contribution in [0, 0.1) is 0 Å². The van der Waals surface area contributed by atoms with Crippen LogP contribution >= 0.6 is 0 Å². The highest BCUT2D eigenvalue weighted by Gasteiger charge is 2.29. The maximum absolute atomic E-state index is 12.6. The fraction of sp³-hybridized carbons (Fsp3) is 0.250. The molecule has 0 spiro atoms. The summed E-state index contributed by atoms with van der Waals surface area (Å²) in [6.45, 7) is 4.09. The highest BCUT2D eigenvalue weighted by atomic mass is 16.5. The van der Waals surface area contributed by atoms with Crippen LogP contribution < -0.4 is 10.2 Å². The number of ether oxygens (including phenoxy) is 1. The van der Waals surface area contributed by atoms with Crippen molar-refractivity contribution in [1.82, 2.24) is 0 Å². The molecule has 0 atom stereocenters. The number of rotatable bonds is 1. The van der Waals surface area contributed by atoms with Crippen LogP contribution in [-0.4, -0.2) is 10.7 Å². The van der Waals surface area contributed by atoms with E-state index in [1.807, 2.05) is 32.0 Å². The first-order chi connectivity index (χ1) is 11.5. The highest BCUT2D eigenvalue weighted by molar-refractivity contribution is 5.86. The van der Waals surface area contributed by atoms with Crippen LogP contribution in [0.5, 0.6) is 11.5 Å². The van der Waals surface area contributed by atoms with Gasteiger partial charge >= 0.3 is 0 Å². The van der Waals surface area contributed by atoms with Crippen LogP contribution in [0.2, 0.25) is 0 Å². The van der Waals surface area contributed by atoms with Gasteiger partial charge in [0.2, 0.25) is 11.2 Å². The Morgan fingerprint density at radius 3 is 2.58 bits per heavy atom. The monoisotopic (exact) mass is 322 g/mol. The molecule has 0 radical (unpaired) electrons. The van der Waals surface area contributed by atoms with Crippen LogP contribution in [0.4, 0.5) is 0 Å². The molecule has 0 saturated heterocycles. The Kier molecular flexibility index (Phi) is 3.17. The largest absolute Gasteiger partial charge is 0.502 e. The third-order valence-electron chi connectivity index (χ3n) is 4.50. The molecule has 1 N–H and O–H groups in total. The van der Waals surface area contributed by atoms with Crippen molar-refractivity contribution >= 4 is 11.0 Å². The van der Waals surface area contributed by atoms with Crippen molar-refractivity contribution in [2.45, 2.75) is 32.3 Å². The molecule has 4 rings (SSSR count). The van der Waals surface area contributed by atoms with Gasteiger partial charge in [0.15, 0.2) is 5.76 Å². The summed E-state index contributed by atoms with van der Waals surface area (Å²) in [4.78, 5) is 12.6. The minimum atomic E-state index is -0.414. The van der Waals surface area contributed by atoms with Gasteiger partial charge in [-0.25, -0.2) is 0 Å². The quantitative estimate of drug-likeness (QED) is 0.727. The van der Waals surface area contributed by atoms with Crippen LogP contribution in [0.3, 0.4) is 0 Å². The van der Waals surface area contributed by atoms with Gasteiger partial charge in [0.05, 0.1) is 5.39 Å². The number of fused-ring (bicyclic) bond motifs is 3. The van der Waals surface area contributed by atoms with E-state index in [-0.39, 0.29) is 17.1 Å². The first-order valence-electron chi connectivity index (χ1n) is 8.02. The number of hydrogen-bond donors (Lipinski definition) is 1. The van der Waals surface area contributed by atoms with Gasteiger partial charge in [-0.3, -0.25) is 4.79 Å². The minimum Gasteiger partial charge on any atom is -0.502 e. The van der Waals surface area contributed by atoms with Gasteiger partial charge in [0.25, 0.3) is 0 Å². The molecule has 3 aromatic rings. The Bertz CT molecular complexity index is 984. The van der Waals surface area contributed by atoms with E-state index in [0.29, 0.717) is 16.5 Å². The molecule has 1 aliphatic rings. The SMILES string of the molecule is CC1(C)CCc2c(ccc3c(=O)c(O)c(-c4ccccc4)oc23)O1. The summed E-state index contributed by atoms with van der Waals surface area (Å²) in [5.41, 5.74) is 1.41. The number of aryl methyl sites for hydroxylation is 1. The summed E-state index contributed by atoms with van der Waals surface area (Å²) in [5, 5.41) is 10.7. The predicted molar refractivity (Wildman–Crippen MR) is 92.6 cm³/mol. The Hall–Kier alpha value is -2.75. The van der Waals surface area contributed by atoms with E-state index in [1.54, 1.807) is 24.3 Å². The van der Waals surface area contributed by atoms with Crippen molar-refractivity contribution in [3.63, 3.8) is 0 Å². The lowest BCUT2D eigenvalue weighted by molar-refractivity contribution is 0.0849. The normalized spacial score (nSPS) is 15.8. The van der Waals surface area contributed by atoms with E-state index in [4.69, 9.17) is 9.15 Å². The molecular formula is C20H18O4. The number of benzene rings is 2. The summed E-state index contributed by atoms with van der Waals surface area (Å²) in [6, 6.07) is 12.6. The molecule has 2 heterocycles. The molecule has 0 amide bonds. The third-order valence-corrected chi connectivity index (χ3v) is 4.50. The Balaban J connectivity index is 2.01. The molecule has 0 aliphatic carbocycles. The predicted octanol–water partition coefficient (Wildman–Crippen LogP) is 4.27. The molecule has 24 heavy (non-hydrogen) atoms. The lowest BCUT2D eigenvalue weighted by atomic mass is 9.93. The molecular weight excluding hydrogens is 304 g/mol. The molecule has 4 nitrogen and oxygen atoms in total. The van der Waals surface area contributed by atoms with E-state index in [9.17, 15) is 9.90 Å². The Morgan fingerprint density at radius 2 is 1.83 bits per heavy atom. The molecule has 0 fully saturated rings. The minimum absolute atomic E-state index is 0.200.